The molecule has 0 aromatic carbocycles. The van der Waals surface area contributed by atoms with Crippen molar-refractivity contribution in [1.29, 1.82) is 0 Å². The number of tetrazole rings is 1. The number of aryl methyl sites for hydroxylation is 1. The number of anilines is 4. The second-order valence-electron chi connectivity index (χ2n) is 15.8. The highest BCUT2D eigenvalue weighted by molar-refractivity contribution is 5.85. The van der Waals surface area contributed by atoms with E-state index in [1.807, 2.05) is 6.92 Å². The summed E-state index contributed by atoms with van der Waals surface area (Å²) in [6.07, 6.45) is 9.84. The van der Waals surface area contributed by atoms with Crippen LogP contribution in [0.15, 0.2) is 12.7 Å². The lowest BCUT2D eigenvalue weighted by Crippen LogP contribution is -2.34. The SMILES string of the molecule is CCn1nnc([C@H]2O[C@@H](n3cnc4c(N[C@H]5CC[C@H](Nc6nc(N[C@H]7CC[C@H](N)CC7)nc7[nH]cnc67)CC5)nc(N[C@H]5CC[C@H](N)CC5)nc43)[C@H](O)[C@@H]2O)n1. The zero-order valence-electron chi connectivity index (χ0n) is 31.5. The van der Waals surface area contributed by atoms with Crippen LogP contribution in [0.25, 0.3) is 22.3 Å². The predicted octanol–water partition coefficient (Wildman–Crippen LogP) is 1.69. The number of aliphatic hydroxyl groups is 2. The molecule has 21 nitrogen and oxygen atoms in total. The number of imidazole rings is 2. The quantitative estimate of drug-likeness (QED) is 0.0923. The number of nitrogens with zero attached hydrogens (tertiary/aromatic N) is 11. The van der Waals surface area contributed by atoms with E-state index in [2.05, 4.69) is 46.6 Å². The Balaban J connectivity index is 0.918. The van der Waals surface area contributed by atoms with Gasteiger partial charge in [0.1, 0.15) is 17.7 Å². The van der Waals surface area contributed by atoms with Crippen LogP contribution in [0.3, 0.4) is 0 Å². The van der Waals surface area contributed by atoms with Gasteiger partial charge >= 0.3 is 0 Å². The molecule has 0 spiro atoms. The van der Waals surface area contributed by atoms with Crippen molar-refractivity contribution in [3.05, 3.63) is 18.5 Å². The molecular formula is C35H52N18O3. The number of H-pyrrole nitrogens is 1. The van der Waals surface area contributed by atoms with Crippen molar-refractivity contribution in [2.75, 3.05) is 21.3 Å². The van der Waals surface area contributed by atoms with E-state index in [4.69, 9.17) is 41.1 Å². The molecular weight excluding hydrogens is 721 g/mol. The molecule has 5 aromatic heterocycles. The molecule has 1 saturated heterocycles. The van der Waals surface area contributed by atoms with Gasteiger partial charge in [-0.15, -0.1) is 10.2 Å². The van der Waals surface area contributed by atoms with Crippen molar-refractivity contribution < 1.29 is 14.9 Å². The first kappa shape index (κ1) is 36.8. The largest absolute Gasteiger partial charge is 0.387 e. The number of hydrogen-bond acceptors (Lipinski definition) is 18. The Kier molecular flexibility index (Phi) is 10.2. The topological polar surface area (TPSA) is 292 Å². The Morgan fingerprint density at radius 3 is 1.91 bits per heavy atom. The van der Waals surface area contributed by atoms with E-state index >= 15 is 0 Å². The van der Waals surface area contributed by atoms with Crippen LogP contribution in [-0.2, 0) is 11.3 Å². The maximum atomic E-state index is 11.2. The number of hydrogen-bond donors (Lipinski definition) is 9. The van der Waals surface area contributed by atoms with Gasteiger partial charge in [-0.1, -0.05) is 0 Å². The van der Waals surface area contributed by atoms with Crippen molar-refractivity contribution in [3.8, 4) is 0 Å². The highest BCUT2D eigenvalue weighted by Crippen LogP contribution is 2.39. The Bertz CT molecular complexity index is 2100. The molecule has 4 aliphatic rings. The summed E-state index contributed by atoms with van der Waals surface area (Å²) in [4.78, 5) is 33.2. The normalized spacial score (nSPS) is 31.2. The van der Waals surface area contributed by atoms with Crippen LogP contribution >= 0.6 is 0 Å². The van der Waals surface area contributed by atoms with E-state index in [1.54, 1.807) is 17.2 Å². The average molecular weight is 773 g/mol. The summed E-state index contributed by atoms with van der Waals surface area (Å²) < 4.78 is 7.85. The molecule has 0 amide bonds. The minimum Gasteiger partial charge on any atom is -0.387 e. The number of ether oxygens (including phenoxy) is 1. The minimum absolute atomic E-state index is 0.120. The van der Waals surface area contributed by atoms with E-state index in [0.717, 1.165) is 88.4 Å². The van der Waals surface area contributed by atoms with Crippen molar-refractivity contribution in [2.24, 2.45) is 11.5 Å². The van der Waals surface area contributed by atoms with Crippen molar-refractivity contribution in [2.45, 2.75) is 151 Å². The Morgan fingerprint density at radius 2 is 1.30 bits per heavy atom. The number of nitrogens with one attached hydrogen (secondary N) is 5. The van der Waals surface area contributed by atoms with Crippen LogP contribution in [0, 0.1) is 0 Å². The van der Waals surface area contributed by atoms with Crippen LogP contribution in [0.5, 0.6) is 0 Å². The molecule has 1 aliphatic heterocycles. The smallest absolute Gasteiger partial charge is 0.227 e. The lowest BCUT2D eigenvalue weighted by Gasteiger charge is -2.31. The first-order chi connectivity index (χ1) is 27.3. The van der Waals surface area contributed by atoms with Crippen molar-refractivity contribution >= 4 is 45.9 Å². The van der Waals surface area contributed by atoms with Gasteiger partial charge in [0.25, 0.3) is 0 Å². The number of fused-ring (bicyclic) bond motifs is 2. The molecule has 11 N–H and O–H groups in total. The third kappa shape index (κ3) is 7.52. The second-order valence-corrected chi connectivity index (χ2v) is 15.8. The average Bonchev–Trinajstić information content (AvgIpc) is 4.02. The summed E-state index contributed by atoms with van der Waals surface area (Å²) in [5.41, 5.74) is 14.7. The molecule has 4 fully saturated rings. The lowest BCUT2D eigenvalue weighted by atomic mass is 9.91. The van der Waals surface area contributed by atoms with E-state index < -0.39 is 24.5 Å². The van der Waals surface area contributed by atoms with Gasteiger partial charge in [-0.3, -0.25) is 4.57 Å². The molecule has 6 heterocycles. The van der Waals surface area contributed by atoms with Crippen LogP contribution < -0.4 is 32.7 Å². The summed E-state index contributed by atoms with van der Waals surface area (Å²) >= 11 is 0. The summed E-state index contributed by atoms with van der Waals surface area (Å²) in [5.74, 6) is 2.54. The first-order valence-corrected chi connectivity index (χ1v) is 20.1. The highest BCUT2D eigenvalue weighted by atomic mass is 16.6. The lowest BCUT2D eigenvalue weighted by molar-refractivity contribution is -0.0384. The maximum absolute atomic E-state index is 11.2. The molecule has 0 bridgehead atoms. The number of aromatic nitrogens is 12. The van der Waals surface area contributed by atoms with Crippen molar-refractivity contribution in [1.82, 2.24) is 59.7 Å². The van der Waals surface area contributed by atoms with Crippen molar-refractivity contribution in [3.63, 3.8) is 0 Å². The zero-order chi connectivity index (χ0) is 38.3. The van der Waals surface area contributed by atoms with Gasteiger partial charge in [0.15, 0.2) is 40.8 Å². The third-order valence-corrected chi connectivity index (χ3v) is 11.8. The molecule has 0 radical (unpaired) electrons. The maximum Gasteiger partial charge on any atom is 0.227 e. The number of aliphatic hydroxyl groups excluding tert-OH is 2. The molecule has 56 heavy (non-hydrogen) atoms. The molecule has 5 aromatic rings. The van der Waals surface area contributed by atoms with E-state index in [0.29, 0.717) is 47.1 Å². The fraction of sp³-hybridized carbons (Fsp3) is 0.686. The predicted molar refractivity (Wildman–Crippen MR) is 206 cm³/mol. The van der Waals surface area contributed by atoms with Crippen LogP contribution in [-0.4, -0.2) is 118 Å². The fourth-order valence-corrected chi connectivity index (χ4v) is 8.54. The van der Waals surface area contributed by atoms with Gasteiger partial charge in [0.05, 0.1) is 19.2 Å². The minimum atomic E-state index is -1.30. The molecule has 0 unspecified atom stereocenters. The van der Waals surface area contributed by atoms with E-state index in [9.17, 15) is 10.2 Å². The number of rotatable bonds is 11. The molecule has 3 saturated carbocycles. The monoisotopic (exact) mass is 772 g/mol. The van der Waals surface area contributed by atoms with Crippen LogP contribution in [0.2, 0.25) is 0 Å². The van der Waals surface area contributed by atoms with Crippen LogP contribution in [0.1, 0.15) is 102 Å². The highest BCUT2D eigenvalue weighted by Gasteiger charge is 2.47. The van der Waals surface area contributed by atoms with E-state index in [1.165, 1.54) is 4.80 Å². The Labute approximate surface area is 322 Å². The Hall–Kier alpha value is -4.83. The molecule has 300 valence electrons. The third-order valence-electron chi connectivity index (χ3n) is 11.8. The summed E-state index contributed by atoms with van der Waals surface area (Å²) in [5, 5.41) is 49.0. The zero-order valence-corrected chi connectivity index (χ0v) is 31.5. The summed E-state index contributed by atoms with van der Waals surface area (Å²) in [6.45, 7) is 2.39. The Morgan fingerprint density at radius 1 is 0.732 bits per heavy atom. The number of nitrogens with two attached hydrogens (primary N) is 2. The van der Waals surface area contributed by atoms with Gasteiger partial charge in [0, 0.05) is 36.3 Å². The standard InChI is InChI=1S/C35H52N18O3/c1-2-53-50-31(49-51-53)27-25(54)26(55)33(56-27)52-16-40-24-30(47-35(48-32(24)52)44-22-9-5-18(37)6-10-22)42-20-13-11-19(12-14-20)41-29-23-28(39-15-38-23)45-34(46-29)43-21-7-3-17(36)4-8-21/h15-22,25-27,33,54-55H,2-14,36-37H2,1H3,(H2,42,44,47,48)(H3,38,39,41,43,45,46)/t17-,18-,19-,20-,21-,22-,25-,26+,27-,33+/m0/s1. The molecule has 3 aliphatic carbocycles. The molecule has 4 atom stereocenters. The fourth-order valence-electron chi connectivity index (χ4n) is 8.54. The van der Waals surface area contributed by atoms with Gasteiger partial charge < -0.3 is 52.7 Å². The second kappa shape index (κ2) is 15.6. The first-order valence-electron chi connectivity index (χ1n) is 20.1. The van der Waals surface area contributed by atoms with Gasteiger partial charge in [-0.2, -0.15) is 24.7 Å². The van der Waals surface area contributed by atoms with Gasteiger partial charge in [-0.05, 0) is 89.2 Å². The number of aromatic amines is 1. The van der Waals surface area contributed by atoms with E-state index in [-0.39, 0.29) is 36.0 Å². The summed E-state index contributed by atoms with van der Waals surface area (Å²) in [6, 6.07) is 1.25. The molecule has 9 rings (SSSR count). The van der Waals surface area contributed by atoms with Gasteiger partial charge in [-0.25, -0.2) is 9.97 Å². The van der Waals surface area contributed by atoms with Gasteiger partial charge in [0.2, 0.25) is 17.7 Å². The van der Waals surface area contributed by atoms with Crippen LogP contribution in [0.4, 0.5) is 23.5 Å². The molecule has 21 heteroatoms. The summed E-state index contributed by atoms with van der Waals surface area (Å²) in [7, 11) is 0.